The summed E-state index contributed by atoms with van der Waals surface area (Å²) in [7, 11) is 1.64. The number of benzene rings is 3. The van der Waals surface area contributed by atoms with Gasteiger partial charge in [0, 0.05) is 11.1 Å². The summed E-state index contributed by atoms with van der Waals surface area (Å²) in [5.74, 6) is 1.97. The quantitative estimate of drug-likeness (QED) is 0.615. The maximum Gasteiger partial charge on any atom is 0.196 e. The molecule has 158 valence electrons. The average molecular weight is 418 g/mol. The van der Waals surface area contributed by atoms with Gasteiger partial charge in [-0.2, -0.15) is 5.01 Å². The minimum absolute atomic E-state index is 0.0736. The Labute approximate surface area is 180 Å². The van der Waals surface area contributed by atoms with Crippen LogP contribution in [0.2, 0.25) is 0 Å². The third-order valence-electron chi connectivity index (χ3n) is 5.54. The predicted molar refractivity (Wildman–Crippen MR) is 116 cm³/mol. The molecule has 5 rings (SSSR count). The largest absolute Gasteiger partial charge is 0.494 e. The van der Waals surface area contributed by atoms with Crippen molar-refractivity contribution in [1.82, 2.24) is 10.4 Å². The summed E-state index contributed by atoms with van der Waals surface area (Å²) in [6.07, 6.45) is 1.74. The summed E-state index contributed by atoms with van der Waals surface area (Å²) in [5.41, 5.74) is 7.27. The van der Waals surface area contributed by atoms with E-state index in [-0.39, 0.29) is 11.9 Å². The number of hydrazine groups is 1. The van der Waals surface area contributed by atoms with Crippen LogP contribution in [0.15, 0.2) is 72.8 Å². The third-order valence-corrected chi connectivity index (χ3v) is 5.54. The van der Waals surface area contributed by atoms with Crippen molar-refractivity contribution in [3.63, 3.8) is 0 Å². The van der Waals surface area contributed by atoms with Crippen LogP contribution in [-0.2, 0) is 0 Å². The molecule has 0 spiro atoms. The lowest BCUT2D eigenvalue weighted by Gasteiger charge is -2.39. The first-order valence-corrected chi connectivity index (χ1v) is 10.3. The number of fused-ring (bicyclic) bond motifs is 3. The monoisotopic (exact) mass is 418 g/mol. The van der Waals surface area contributed by atoms with Gasteiger partial charge in [-0.1, -0.05) is 24.3 Å². The van der Waals surface area contributed by atoms with Crippen molar-refractivity contribution in [3.8, 4) is 17.2 Å². The summed E-state index contributed by atoms with van der Waals surface area (Å²) in [4.78, 5) is 0. The summed E-state index contributed by atoms with van der Waals surface area (Å²) < 4.78 is 31.0. The zero-order valence-corrected chi connectivity index (χ0v) is 17.3. The first-order valence-electron chi connectivity index (χ1n) is 10.3. The molecule has 0 amide bonds. The van der Waals surface area contributed by atoms with Gasteiger partial charge in [-0.25, -0.2) is 4.39 Å². The highest BCUT2D eigenvalue weighted by Crippen LogP contribution is 2.49. The normalized spacial score (nSPS) is 19.5. The van der Waals surface area contributed by atoms with E-state index in [1.807, 2.05) is 49.4 Å². The van der Waals surface area contributed by atoms with Gasteiger partial charge < -0.3 is 19.6 Å². The van der Waals surface area contributed by atoms with Crippen LogP contribution in [-0.4, -0.2) is 18.7 Å². The number of methoxy groups -OCH3 is 1. The first-order chi connectivity index (χ1) is 15.2. The number of hydrogen-bond donors (Lipinski definition) is 1. The van der Waals surface area contributed by atoms with Gasteiger partial charge in [0.25, 0.3) is 0 Å². The molecule has 0 radical (unpaired) electrons. The molecule has 0 bridgehead atoms. The molecule has 6 heteroatoms. The van der Waals surface area contributed by atoms with Crippen molar-refractivity contribution < 1.29 is 18.6 Å². The molecule has 0 aliphatic carbocycles. The van der Waals surface area contributed by atoms with Crippen LogP contribution in [0.1, 0.15) is 35.9 Å². The zero-order valence-electron chi connectivity index (χ0n) is 17.3. The molecule has 2 aliphatic heterocycles. The van der Waals surface area contributed by atoms with Crippen LogP contribution < -0.4 is 19.6 Å². The molecule has 0 saturated carbocycles. The molecular formula is C25H23FN2O3. The molecule has 31 heavy (non-hydrogen) atoms. The molecule has 0 aromatic heterocycles. The van der Waals surface area contributed by atoms with Crippen LogP contribution in [0.25, 0.3) is 5.70 Å². The van der Waals surface area contributed by atoms with Gasteiger partial charge in [0.1, 0.15) is 11.6 Å². The lowest BCUT2D eigenvalue weighted by Crippen LogP contribution is -2.43. The van der Waals surface area contributed by atoms with E-state index in [2.05, 4.69) is 16.5 Å². The van der Waals surface area contributed by atoms with Crippen LogP contribution in [0.3, 0.4) is 0 Å². The minimum atomic E-state index is -0.390. The first kappa shape index (κ1) is 19.5. The van der Waals surface area contributed by atoms with Crippen LogP contribution in [0, 0.1) is 5.82 Å². The number of ether oxygens (including phenoxy) is 3. The van der Waals surface area contributed by atoms with Gasteiger partial charge in [-0.3, -0.25) is 0 Å². The second-order valence-corrected chi connectivity index (χ2v) is 7.40. The Balaban J connectivity index is 1.56. The second-order valence-electron chi connectivity index (χ2n) is 7.40. The summed E-state index contributed by atoms with van der Waals surface area (Å²) in [5, 5.41) is 2.07. The number of para-hydroxylation sites is 1. The van der Waals surface area contributed by atoms with Crippen molar-refractivity contribution in [2.75, 3.05) is 13.7 Å². The fourth-order valence-corrected chi connectivity index (χ4v) is 4.06. The van der Waals surface area contributed by atoms with E-state index in [0.29, 0.717) is 12.4 Å². The number of nitrogens with zero attached hydrogens (tertiary/aromatic N) is 1. The Morgan fingerprint density at radius 2 is 1.81 bits per heavy atom. The number of hydrogen-bond acceptors (Lipinski definition) is 5. The van der Waals surface area contributed by atoms with E-state index in [0.717, 1.165) is 33.9 Å². The van der Waals surface area contributed by atoms with Crippen molar-refractivity contribution >= 4 is 5.70 Å². The van der Waals surface area contributed by atoms with Gasteiger partial charge >= 0.3 is 0 Å². The van der Waals surface area contributed by atoms with E-state index in [9.17, 15) is 4.39 Å². The zero-order chi connectivity index (χ0) is 21.4. The van der Waals surface area contributed by atoms with Crippen molar-refractivity contribution in [2.45, 2.75) is 19.2 Å². The molecule has 5 nitrogen and oxygen atoms in total. The Kier molecular flexibility index (Phi) is 5.00. The van der Waals surface area contributed by atoms with Gasteiger partial charge in [-0.05, 0) is 61.0 Å². The maximum atomic E-state index is 13.4. The molecule has 2 unspecified atom stereocenters. The number of rotatable bonds is 5. The van der Waals surface area contributed by atoms with Crippen LogP contribution >= 0.6 is 0 Å². The third kappa shape index (κ3) is 3.49. The summed E-state index contributed by atoms with van der Waals surface area (Å²) in [6.45, 7) is 2.58. The van der Waals surface area contributed by atoms with Gasteiger partial charge in [0.15, 0.2) is 17.7 Å². The molecule has 2 aliphatic rings. The van der Waals surface area contributed by atoms with E-state index in [4.69, 9.17) is 14.2 Å². The molecule has 2 atom stereocenters. The maximum absolute atomic E-state index is 13.4. The Morgan fingerprint density at radius 3 is 2.52 bits per heavy atom. The summed E-state index contributed by atoms with van der Waals surface area (Å²) in [6, 6.07) is 20.2. The highest BCUT2D eigenvalue weighted by atomic mass is 19.1. The molecule has 0 saturated heterocycles. The fraction of sp³-hybridized carbons (Fsp3) is 0.200. The van der Waals surface area contributed by atoms with Gasteiger partial charge in [-0.15, -0.1) is 0 Å². The SMILES string of the molecule is CCOc1ccc(C2Oc3c(OC)cccc3C3C=C(c4ccc(F)cc4)NN32)cc1. The Morgan fingerprint density at radius 1 is 1.03 bits per heavy atom. The Bertz CT molecular complexity index is 1110. The molecular weight excluding hydrogens is 395 g/mol. The smallest absolute Gasteiger partial charge is 0.196 e. The molecule has 3 aromatic carbocycles. The van der Waals surface area contributed by atoms with Crippen LogP contribution in [0.4, 0.5) is 4.39 Å². The fourth-order valence-electron chi connectivity index (χ4n) is 4.06. The topological polar surface area (TPSA) is 43.0 Å². The minimum Gasteiger partial charge on any atom is -0.494 e. The average Bonchev–Trinajstić information content (AvgIpc) is 3.25. The van der Waals surface area contributed by atoms with E-state index >= 15 is 0 Å². The van der Waals surface area contributed by atoms with Crippen molar-refractivity contribution in [1.29, 1.82) is 0 Å². The van der Waals surface area contributed by atoms with Gasteiger partial charge in [0.2, 0.25) is 0 Å². The highest BCUT2D eigenvalue weighted by molar-refractivity contribution is 5.68. The lowest BCUT2D eigenvalue weighted by molar-refractivity contribution is -0.0343. The summed E-state index contributed by atoms with van der Waals surface area (Å²) >= 11 is 0. The number of nitrogens with one attached hydrogen (secondary N) is 1. The second kappa shape index (κ2) is 7.96. The van der Waals surface area contributed by atoms with E-state index in [1.54, 1.807) is 19.2 Å². The standard InChI is InChI=1S/C25H23FN2O3/c1-3-30-19-13-9-17(10-14-19)25-28-22(20-5-4-6-23(29-2)24(20)31-25)15-21(27-28)16-7-11-18(26)12-8-16/h4-15,22,25,27H,3H2,1-2H3. The van der Waals surface area contributed by atoms with Gasteiger partial charge in [0.05, 0.1) is 25.5 Å². The highest BCUT2D eigenvalue weighted by Gasteiger charge is 2.41. The molecule has 0 fully saturated rings. The van der Waals surface area contributed by atoms with Crippen molar-refractivity contribution in [2.24, 2.45) is 0 Å². The van der Waals surface area contributed by atoms with E-state index < -0.39 is 6.23 Å². The predicted octanol–water partition coefficient (Wildman–Crippen LogP) is 5.23. The Hall–Kier alpha value is -3.51. The molecule has 1 N–H and O–H groups in total. The van der Waals surface area contributed by atoms with Crippen LogP contribution in [0.5, 0.6) is 17.2 Å². The molecule has 2 heterocycles. The number of halogens is 1. The molecule has 3 aromatic rings. The van der Waals surface area contributed by atoms with Crippen molar-refractivity contribution in [3.05, 3.63) is 95.3 Å². The van der Waals surface area contributed by atoms with E-state index in [1.165, 1.54) is 12.1 Å². The lowest BCUT2D eigenvalue weighted by atomic mass is 10.00.